The molecule has 1 aliphatic heterocycles. The molecule has 0 amide bonds. The predicted molar refractivity (Wildman–Crippen MR) is 67.7 cm³/mol. The molecule has 17 heavy (non-hydrogen) atoms. The Kier molecular flexibility index (Phi) is 4.84. The molecule has 3 heteroatoms. The molecule has 0 bridgehead atoms. The van der Waals surface area contributed by atoms with Crippen molar-refractivity contribution in [2.75, 3.05) is 13.1 Å². The molecule has 1 saturated carbocycles. The van der Waals surface area contributed by atoms with Gasteiger partial charge < -0.3 is 10.1 Å². The fraction of sp³-hybridized carbons (Fsp3) is 0.929. The molecule has 0 aromatic carbocycles. The van der Waals surface area contributed by atoms with Gasteiger partial charge in [0.1, 0.15) is 6.10 Å². The molecule has 1 N–H and O–H groups in total. The highest BCUT2D eigenvalue weighted by molar-refractivity contribution is 5.70. The Morgan fingerprint density at radius 1 is 1.29 bits per heavy atom. The first kappa shape index (κ1) is 12.9. The average Bonchev–Trinajstić information content (AvgIpc) is 2.82. The maximum Gasteiger partial charge on any atom is 0.306 e. The summed E-state index contributed by atoms with van der Waals surface area (Å²) in [6.45, 7) is 4.27. The number of hydrogen-bond acceptors (Lipinski definition) is 3. The van der Waals surface area contributed by atoms with E-state index in [1.165, 1.54) is 19.3 Å². The van der Waals surface area contributed by atoms with Gasteiger partial charge in [-0.1, -0.05) is 19.8 Å². The van der Waals surface area contributed by atoms with E-state index in [0.29, 0.717) is 12.3 Å². The standard InChI is InChI=1S/C14H25NO2/c1-2-11-4-3-5-13(8-11)17-14(16)9-12-6-7-15-10-12/h11-13,15H,2-10H2,1H3. The van der Waals surface area contributed by atoms with Crippen molar-refractivity contribution in [2.24, 2.45) is 11.8 Å². The van der Waals surface area contributed by atoms with E-state index >= 15 is 0 Å². The molecular weight excluding hydrogens is 214 g/mol. The molecule has 1 saturated heterocycles. The third-order valence-electron chi connectivity index (χ3n) is 4.23. The summed E-state index contributed by atoms with van der Waals surface area (Å²) in [5, 5.41) is 3.29. The minimum atomic E-state index is 0.0282. The first-order valence-electron chi connectivity index (χ1n) is 7.18. The second kappa shape index (κ2) is 6.39. The van der Waals surface area contributed by atoms with Gasteiger partial charge in [0.05, 0.1) is 0 Å². The van der Waals surface area contributed by atoms with Crippen molar-refractivity contribution in [2.45, 2.75) is 58.0 Å². The third-order valence-corrected chi connectivity index (χ3v) is 4.23. The Balaban J connectivity index is 1.70. The smallest absolute Gasteiger partial charge is 0.306 e. The summed E-state index contributed by atoms with van der Waals surface area (Å²) in [4.78, 5) is 11.8. The molecule has 0 aromatic heterocycles. The van der Waals surface area contributed by atoms with Crippen molar-refractivity contribution in [3.63, 3.8) is 0 Å². The fourth-order valence-electron chi connectivity index (χ4n) is 3.08. The van der Waals surface area contributed by atoms with Gasteiger partial charge in [0.2, 0.25) is 0 Å². The molecule has 98 valence electrons. The monoisotopic (exact) mass is 239 g/mol. The summed E-state index contributed by atoms with van der Waals surface area (Å²) < 4.78 is 5.62. The van der Waals surface area contributed by atoms with Crippen LogP contribution in [0.1, 0.15) is 51.9 Å². The van der Waals surface area contributed by atoms with E-state index in [2.05, 4.69) is 12.2 Å². The second-order valence-electron chi connectivity index (χ2n) is 5.62. The molecule has 3 nitrogen and oxygen atoms in total. The largest absolute Gasteiger partial charge is 0.462 e. The lowest BCUT2D eigenvalue weighted by Gasteiger charge is -2.28. The number of carbonyl (C=O) groups excluding carboxylic acids is 1. The van der Waals surface area contributed by atoms with E-state index in [4.69, 9.17) is 4.74 Å². The van der Waals surface area contributed by atoms with Gasteiger partial charge in [-0.15, -0.1) is 0 Å². The van der Waals surface area contributed by atoms with Crippen LogP contribution in [0.25, 0.3) is 0 Å². The Bertz CT molecular complexity index is 249. The minimum Gasteiger partial charge on any atom is -0.462 e. The van der Waals surface area contributed by atoms with Crippen molar-refractivity contribution < 1.29 is 9.53 Å². The molecule has 0 spiro atoms. The predicted octanol–water partition coefficient (Wildman–Crippen LogP) is 2.50. The highest BCUT2D eigenvalue weighted by atomic mass is 16.5. The van der Waals surface area contributed by atoms with Crippen molar-refractivity contribution >= 4 is 5.97 Å². The highest BCUT2D eigenvalue weighted by Crippen LogP contribution is 2.29. The van der Waals surface area contributed by atoms with E-state index in [0.717, 1.165) is 38.3 Å². The number of hydrogen-bond donors (Lipinski definition) is 1. The van der Waals surface area contributed by atoms with Gasteiger partial charge in [0.15, 0.2) is 0 Å². The van der Waals surface area contributed by atoms with Crippen LogP contribution in [-0.2, 0) is 9.53 Å². The van der Waals surface area contributed by atoms with E-state index in [1.54, 1.807) is 0 Å². The average molecular weight is 239 g/mol. The van der Waals surface area contributed by atoms with Crippen LogP contribution in [0.3, 0.4) is 0 Å². The first-order valence-corrected chi connectivity index (χ1v) is 7.18. The van der Waals surface area contributed by atoms with Gasteiger partial charge in [0, 0.05) is 6.42 Å². The van der Waals surface area contributed by atoms with E-state index in [9.17, 15) is 4.79 Å². The zero-order chi connectivity index (χ0) is 12.1. The van der Waals surface area contributed by atoms with Crippen LogP contribution in [0.15, 0.2) is 0 Å². The van der Waals surface area contributed by atoms with Gasteiger partial charge in [-0.25, -0.2) is 0 Å². The second-order valence-corrected chi connectivity index (χ2v) is 5.62. The topological polar surface area (TPSA) is 38.3 Å². The lowest BCUT2D eigenvalue weighted by atomic mass is 9.85. The van der Waals surface area contributed by atoms with Crippen LogP contribution in [-0.4, -0.2) is 25.2 Å². The molecule has 3 atom stereocenters. The summed E-state index contributed by atoms with van der Waals surface area (Å²) in [6.07, 6.45) is 7.86. The molecule has 3 unspecified atom stereocenters. The quantitative estimate of drug-likeness (QED) is 0.766. The summed E-state index contributed by atoms with van der Waals surface area (Å²) in [5.74, 6) is 1.31. The number of rotatable bonds is 4. The van der Waals surface area contributed by atoms with Crippen molar-refractivity contribution in [3.05, 3.63) is 0 Å². The van der Waals surface area contributed by atoms with Gasteiger partial charge in [-0.3, -0.25) is 4.79 Å². The highest BCUT2D eigenvalue weighted by Gasteiger charge is 2.25. The van der Waals surface area contributed by atoms with Gasteiger partial charge in [-0.2, -0.15) is 0 Å². The number of carbonyl (C=O) groups is 1. The summed E-state index contributed by atoms with van der Waals surface area (Å²) in [7, 11) is 0. The number of nitrogens with one attached hydrogen (secondary N) is 1. The Hall–Kier alpha value is -0.570. The summed E-state index contributed by atoms with van der Waals surface area (Å²) in [6, 6.07) is 0. The first-order chi connectivity index (χ1) is 8.28. The third kappa shape index (κ3) is 3.98. The molecule has 1 aliphatic carbocycles. The zero-order valence-corrected chi connectivity index (χ0v) is 10.9. The van der Waals surface area contributed by atoms with Crippen LogP contribution >= 0.6 is 0 Å². The van der Waals surface area contributed by atoms with Gasteiger partial charge in [0.25, 0.3) is 0 Å². The Labute approximate surface area is 104 Å². The lowest BCUT2D eigenvalue weighted by Crippen LogP contribution is -2.26. The molecule has 0 radical (unpaired) electrons. The molecule has 2 rings (SSSR count). The maximum absolute atomic E-state index is 11.8. The summed E-state index contributed by atoms with van der Waals surface area (Å²) in [5.41, 5.74) is 0. The zero-order valence-electron chi connectivity index (χ0n) is 10.9. The van der Waals surface area contributed by atoms with Crippen LogP contribution < -0.4 is 5.32 Å². The van der Waals surface area contributed by atoms with E-state index < -0.39 is 0 Å². The van der Waals surface area contributed by atoms with Gasteiger partial charge in [-0.05, 0) is 50.6 Å². The SMILES string of the molecule is CCC1CCCC(OC(=O)CC2CCNC2)C1. The molecule has 0 aromatic rings. The molecule has 2 fully saturated rings. The van der Waals surface area contributed by atoms with Gasteiger partial charge >= 0.3 is 5.97 Å². The van der Waals surface area contributed by atoms with Crippen LogP contribution in [0.2, 0.25) is 0 Å². The Morgan fingerprint density at radius 2 is 2.18 bits per heavy atom. The van der Waals surface area contributed by atoms with Crippen LogP contribution in [0.5, 0.6) is 0 Å². The Morgan fingerprint density at radius 3 is 2.88 bits per heavy atom. The maximum atomic E-state index is 11.8. The van der Waals surface area contributed by atoms with Crippen molar-refractivity contribution in [1.29, 1.82) is 0 Å². The van der Waals surface area contributed by atoms with Crippen molar-refractivity contribution in [3.8, 4) is 0 Å². The molecule has 2 aliphatic rings. The lowest BCUT2D eigenvalue weighted by molar-refractivity contribution is -0.152. The minimum absolute atomic E-state index is 0.0282. The van der Waals surface area contributed by atoms with E-state index in [-0.39, 0.29) is 12.1 Å². The fourth-order valence-corrected chi connectivity index (χ4v) is 3.08. The molecular formula is C14H25NO2. The normalized spacial score (nSPS) is 33.6. The van der Waals surface area contributed by atoms with E-state index in [1.807, 2.05) is 0 Å². The number of ether oxygens (including phenoxy) is 1. The number of esters is 1. The van der Waals surface area contributed by atoms with Crippen LogP contribution in [0.4, 0.5) is 0 Å². The molecule has 1 heterocycles. The summed E-state index contributed by atoms with van der Waals surface area (Å²) >= 11 is 0. The van der Waals surface area contributed by atoms with Crippen molar-refractivity contribution in [1.82, 2.24) is 5.32 Å². The van der Waals surface area contributed by atoms with Crippen LogP contribution in [0, 0.1) is 11.8 Å².